The number of hydrogen-bond acceptors (Lipinski definition) is 2. The summed E-state index contributed by atoms with van der Waals surface area (Å²) in [4.78, 5) is 11.0. The Morgan fingerprint density at radius 3 is 2.69 bits per heavy atom. The Morgan fingerprint density at radius 1 is 1.77 bits per heavy atom. The van der Waals surface area contributed by atoms with Crippen molar-refractivity contribution in [3.05, 3.63) is 22.8 Å². The Bertz CT molecular complexity index is 309. The molecule has 1 aliphatic carbocycles. The number of aliphatic carboxylic acids is 1. The van der Waals surface area contributed by atoms with Crippen molar-refractivity contribution < 1.29 is 9.90 Å². The molecule has 0 fully saturated rings. The van der Waals surface area contributed by atoms with E-state index in [1.54, 1.807) is 26.0 Å². The molecule has 4 heteroatoms. The zero-order valence-electron chi connectivity index (χ0n) is 7.54. The van der Waals surface area contributed by atoms with E-state index >= 15 is 0 Å². The van der Waals surface area contributed by atoms with Crippen LogP contribution in [0.2, 0.25) is 0 Å². The summed E-state index contributed by atoms with van der Waals surface area (Å²) in [5, 5.41) is 9.53. The Labute approximate surface area is 81.9 Å². The minimum atomic E-state index is -1.31. The number of hydrogen-bond donors (Lipinski definition) is 2. The number of allylic oxidation sites excluding steroid dienone is 2. The van der Waals surface area contributed by atoms with Gasteiger partial charge in [-0.25, -0.2) is 4.79 Å². The molecular weight excluding hydrogens is 190 g/mol. The van der Waals surface area contributed by atoms with Crippen molar-refractivity contribution in [1.82, 2.24) is 0 Å². The molecule has 13 heavy (non-hydrogen) atoms. The van der Waals surface area contributed by atoms with Gasteiger partial charge in [0, 0.05) is 11.0 Å². The minimum Gasteiger partial charge on any atom is -0.480 e. The van der Waals surface area contributed by atoms with Gasteiger partial charge in [0.1, 0.15) is 5.54 Å². The van der Waals surface area contributed by atoms with Crippen LogP contribution in [0.4, 0.5) is 0 Å². The molecule has 0 bridgehead atoms. The lowest BCUT2D eigenvalue weighted by molar-refractivity contribution is -0.143. The summed E-state index contributed by atoms with van der Waals surface area (Å²) in [7, 11) is 0. The van der Waals surface area contributed by atoms with Crippen LogP contribution in [0.25, 0.3) is 0 Å². The standard InChI is InChI=1S/C9H12ClNO2/c1-5-3-7(10)4-6(2)9(5,11)8(12)13/h3-5H,11H2,1-2H3,(H,12,13). The van der Waals surface area contributed by atoms with Crippen LogP contribution in [0, 0.1) is 5.92 Å². The summed E-state index contributed by atoms with van der Waals surface area (Å²) in [5.41, 5.74) is 5.06. The van der Waals surface area contributed by atoms with Gasteiger partial charge in [-0.2, -0.15) is 0 Å². The number of carboxylic acids is 1. The van der Waals surface area contributed by atoms with E-state index in [1.807, 2.05) is 0 Å². The molecule has 2 atom stereocenters. The van der Waals surface area contributed by atoms with Crippen LogP contribution in [0.5, 0.6) is 0 Å². The topological polar surface area (TPSA) is 63.3 Å². The van der Waals surface area contributed by atoms with Gasteiger partial charge < -0.3 is 10.8 Å². The average Bonchev–Trinajstić information content (AvgIpc) is 1.99. The molecule has 0 aromatic heterocycles. The fraction of sp³-hybridized carbons (Fsp3) is 0.444. The monoisotopic (exact) mass is 201 g/mol. The minimum absolute atomic E-state index is 0.289. The first kappa shape index (κ1) is 10.3. The average molecular weight is 202 g/mol. The van der Waals surface area contributed by atoms with Gasteiger partial charge in [-0.3, -0.25) is 0 Å². The van der Waals surface area contributed by atoms with Gasteiger partial charge in [-0.1, -0.05) is 24.6 Å². The Kier molecular flexibility index (Phi) is 2.50. The fourth-order valence-electron chi connectivity index (χ4n) is 1.47. The van der Waals surface area contributed by atoms with Crippen molar-refractivity contribution in [2.75, 3.05) is 0 Å². The normalized spacial score (nSPS) is 33.7. The van der Waals surface area contributed by atoms with Gasteiger partial charge in [-0.05, 0) is 18.6 Å². The van der Waals surface area contributed by atoms with E-state index in [9.17, 15) is 4.79 Å². The van der Waals surface area contributed by atoms with E-state index in [1.165, 1.54) is 0 Å². The highest BCUT2D eigenvalue weighted by Crippen LogP contribution is 2.32. The molecular formula is C9H12ClNO2. The van der Waals surface area contributed by atoms with Crippen molar-refractivity contribution in [3.63, 3.8) is 0 Å². The highest BCUT2D eigenvalue weighted by atomic mass is 35.5. The van der Waals surface area contributed by atoms with E-state index in [0.29, 0.717) is 10.6 Å². The Morgan fingerprint density at radius 2 is 2.31 bits per heavy atom. The maximum absolute atomic E-state index is 11.0. The highest BCUT2D eigenvalue weighted by Gasteiger charge is 2.42. The van der Waals surface area contributed by atoms with Crippen LogP contribution in [0.3, 0.4) is 0 Å². The number of rotatable bonds is 1. The summed E-state index contributed by atoms with van der Waals surface area (Å²) in [5.74, 6) is -1.31. The molecule has 72 valence electrons. The molecule has 0 aromatic rings. The highest BCUT2D eigenvalue weighted by molar-refractivity contribution is 6.31. The zero-order valence-corrected chi connectivity index (χ0v) is 8.30. The second-order valence-electron chi connectivity index (χ2n) is 3.34. The van der Waals surface area contributed by atoms with Gasteiger partial charge in [0.05, 0.1) is 0 Å². The molecule has 1 rings (SSSR count). The lowest BCUT2D eigenvalue weighted by Crippen LogP contribution is -2.54. The first-order valence-electron chi connectivity index (χ1n) is 3.97. The van der Waals surface area contributed by atoms with E-state index < -0.39 is 11.5 Å². The lowest BCUT2D eigenvalue weighted by Gasteiger charge is -2.33. The SMILES string of the molecule is CC1=CC(Cl)=CC(C)C1(N)C(=O)O. The van der Waals surface area contributed by atoms with Crippen molar-refractivity contribution in [2.45, 2.75) is 19.4 Å². The molecule has 0 saturated carbocycles. The second kappa shape index (κ2) is 3.16. The van der Waals surface area contributed by atoms with E-state index in [0.717, 1.165) is 0 Å². The van der Waals surface area contributed by atoms with Gasteiger partial charge in [0.25, 0.3) is 0 Å². The van der Waals surface area contributed by atoms with Crippen molar-refractivity contribution in [2.24, 2.45) is 11.7 Å². The van der Waals surface area contributed by atoms with Crippen molar-refractivity contribution in [3.8, 4) is 0 Å². The third-order valence-corrected chi connectivity index (χ3v) is 2.72. The second-order valence-corrected chi connectivity index (χ2v) is 3.78. The van der Waals surface area contributed by atoms with Crippen LogP contribution in [-0.2, 0) is 4.79 Å². The molecule has 0 heterocycles. The third-order valence-electron chi connectivity index (χ3n) is 2.49. The van der Waals surface area contributed by atoms with Crippen LogP contribution < -0.4 is 5.73 Å². The predicted octanol–water partition coefficient (Wildman–Crippen LogP) is 1.49. The van der Waals surface area contributed by atoms with E-state index in [2.05, 4.69) is 0 Å². The summed E-state index contributed by atoms with van der Waals surface area (Å²) in [6.45, 7) is 3.42. The first-order chi connectivity index (χ1) is 5.89. The summed E-state index contributed by atoms with van der Waals surface area (Å²) in [6, 6.07) is 0. The van der Waals surface area contributed by atoms with E-state index in [4.69, 9.17) is 22.4 Å². The predicted molar refractivity (Wildman–Crippen MR) is 51.4 cm³/mol. The molecule has 3 nitrogen and oxygen atoms in total. The van der Waals surface area contributed by atoms with Crippen LogP contribution in [-0.4, -0.2) is 16.6 Å². The molecule has 1 aliphatic rings. The van der Waals surface area contributed by atoms with E-state index in [-0.39, 0.29) is 5.92 Å². The van der Waals surface area contributed by atoms with Crippen LogP contribution >= 0.6 is 11.6 Å². The molecule has 0 saturated heterocycles. The van der Waals surface area contributed by atoms with Crippen molar-refractivity contribution >= 4 is 17.6 Å². The maximum atomic E-state index is 11.0. The molecule has 3 N–H and O–H groups in total. The van der Waals surface area contributed by atoms with Gasteiger partial charge in [-0.15, -0.1) is 0 Å². The number of carboxylic acid groups (broad SMARTS) is 1. The molecule has 0 aromatic carbocycles. The zero-order chi connectivity index (χ0) is 10.2. The molecule has 0 amide bonds. The molecule has 0 radical (unpaired) electrons. The summed E-state index contributed by atoms with van der Waals surface area (Å²) < 4.78 is 0. The van der Waals surface area contributed by atoms with Gasteiger partial charge >= 0.3 is 5.97 Å². The largest absolute Gasteiger partial charge is 0.480 e. The number of halogens is 1. The van der Waals surface area contributed by atoms with Gasteiger partial charge in [0.2, 0.25) is 0 Å². The number of nitrogens with two attached hydrogens (primary N) is 1. The van der Waals surface area contributed by atoms with Gasteiger partial charge in [0.15, 0.2) is 0 Å². The summed E-state index contributed by atoms with van der Waals surface area (Å²) in [6.07, 6.45) is 3.25. The molecule has 0 spiro atoms. The third kappa shape index (κ3) is 1.49. The first-order valence-corrected chi connectivity index (χ1v) is 4.35. The van der Waals surface area contributed by atoms with Crippen LogP contribution in [0.1, 0.15) is 13.8 Å². The quantitative estimate of drug-likeness (QED) is 0.676. The lowest BCUT2D eigenvalue weighted by atomic mass is 9.77. The fourth-order valence-corrected chi connectivity index (χ4v) is 1.82. The summed E-state index contributed by atoms with van der Waals surface area (Å²) >= 11 is 5.77. The molecule has 2 unspecified atom stereocenters. The van der Waals surface area contributed by atoms with Crippen LogP contribution in [0.15, 0.2) is 22.8 Å². The smallest absolute Gasteiger partial charge is 0.328 e. The number of carbonyl (C=O) groups is 1. The Balaban J connectivity index is 3.16. The maximum Gasteiger partial charge on any atom is 0.328 e. The Hall–Kier alpha value is -0.800. The molecule has 0 aliphatic heterocycles. The van der Waals surface area contributed by atoms with Crippen molar-refractivity contribution in [1.29, 1.82) is 0 Å².